The maximum Gasteiger partial charge on any atom is 0.433 e. The fourth-order valence-electron chi connectivity index (χ4n) is 3.16. The average molecular weight is 365 g/mol. The zero-order chi connectivity index (χ0) is 19.4. The van der Waals surface area contributed by atoms with Gasteiger partial charge in [-0.2, -0.15) is 0 Å². The molecular formula is C21H19NO5. The Balaban J connectivity index is 1.90. The second-order valence-electron chi connectivity index (χ2n) is 6.31. The highest BCUT2D eigenvalue weighted by Gasteiger charge is 2.24. The molecule has 1 aromatic carbocycles. The number of carbonyl (C=O) groups excluding carboxylic acids is 1. The Kier molecular flexibility index (Phi) is 5.35. The number of benzene rings is 1. The molecule has 2 heterocycles. The van der Waals surface area contributed by atoms with Gasteiger partial charge in [0.15, 0.2) is 5.78 Å². The lowest BCUT2D eigenvalue weighted by atomic mass is 9.84. The Morgan fingerprint density at radius 3 is 2.48 bits per heavy atom. The number of allylic oxidation sites excluding steroid dienone is 1. The van der Waals surface area contributed by atoms with Crippen LogP contribution in [0, 0.1) is 24.0 Å². The van der Waals surface area contributed by atoms with Gasteiger partial charge in [-0.25, -0.2) is 0 Å². The average Bonchev–Trinajstić information content (AvgIpc) is 3.30. The predicted octanol–water partition coefficient (Wildman–Crippen LogP) is 5.01. The molecule has 0 aliphatic rings. The van der Waals surface area contributed by atoms with Gasteiger partial charge in [0.2, 0.25) is 0 Å². The Morgan fingerprint density at radius 1 is 1.15 bits per heavy atom. The molecule has 3 rings (SSSR count). The smallest absolute Gasteiger partial charge is 0.433 e. The van der Waals surface area contributed by atoms with Crippen molar-refractivity contribution < 1.29 is 18.6 Å². The molecular weight excluding hydrogens is 346 g/mol. The van der Waals surface area contributed by atoms with Gasteiger partial charge in [-0.15, -0.1) is 0 Å². The van der Waals surface area contributed by atoms with Gasteiger partial charge >= 0.3 is 5.88 Å². The van der Waals surface area contributed by atoms with E-state index in [9.17, 15) is 14.9 Å². The molecule has 6 nitrogen and oxygen atoms in total. The van der Waals surface area contributed by atoms with E-state index in [0.717, 1.165) is 22.5 Å². The van der Waals surface area contributed by atoms with Crippen molar-refractivity contribution in [1.82, 2.24) is 0 Å². The molecule has 3 aromatic rings. The molecule has 0 fully saturated rings. The minimum absolute atomic E-state index is 0.122. The minimum Gasteiger partial charge on any atom is -0.469 e. The normalized spacial score (nSPS) is 12.4. The first-order valence-electron chi connectivity index (χ1n) is 8.50. The Morgan fingerprint density at radius 2 is 1.89 bits per heavy atom. The quantitative estimate of drug-likeness (QED) is 0.334. The van der Waals surface area contributed by atoms with Crippen molar-refractivity contribution in [3.8, 4) is 0 Å². The number of nitro groups is 1. The molecule has 1 atom stereocenters. The number of rotatable bonds is 7. The first-order chi connectivity index (χ1) is 13.0. The summed E-state index contributed by atoms with van der Waals surface area (Å²) in [6.07, 6.45) is 4.87. The van der Waals surface area contributed by atoms with Crippen molar-refractivity contribution in [3.05, 3.63) is 93.1 Å². The predicted molar refractivity (Wildman–Crippen MR) is 100 cm³/mol. The number of nitrogens with zero attached hydrogens (tertiary/aromatic N) is 1. The number of ketones is 1. The first-order valence-corrected chi connectivity index (χ1v) is 8.50. The Hall–Kier alpha value is -3.41. The SMILES string of the molecule is Cc1cccc(C)c1C(Cc1ccco1)C(=O)/C=C/c1ccc([N+](=O)[O-])o1. The van der Waals surface area contributed by atoms with Gasteiger partial charge in [0.25, 0.3) is 0 Å². The van der Waals surface area contributed by atoms with Crippen LogP contribution in [0.1, 0.15) is 34.1 Å². The molecule has 0 bridgehead atoms. The van der Waals surface area contributed by atoms with Crippen LogP contribution in [-0.4, -0.2) is 10.7 Å². The third kappa shape index (κ3) is 4.23. The molecule has 0 amide bonds. The van der Waals surface area contributed by atoms with Crippen LogP contribution in [0.5, 0.6) is 0 Å². The van der Waals surface area contributed by atoms with Crippen LogP contribution in [-0.2, 0) is 11.2 Å². The van der Waals surface area contributed by atoms with E-state index in [1.54, 1.807) is 12.3 Å². The monoisotopic (exact) mass is 365 g/mol. The fourth-order valence-corrected chi connectivity index (χ4v) is 3.16. The molecule has 0 saturated carbocycles. The lowest BCUT2D eigenvalue weighted by Crippen LogP contribution is -2.15. The molecule has 0 N–H and O–H groups in total. The van der Waals surface area contributed by atoms with Crippen LogP contribution in [0.15, 0.2) is 63.6 Å². The molecule has 138 valence electrons. The van der Waals surface area contributed by atoms with Crippen molar-refractivity contribution >= 4 is 17.7 Å². The largest absolute Gasteiger partial charge is 0.469 e. The van der Waals surface area contributed by atoms with Crippen LogP contribution in [0.25, 0.3) is 6.08 Å². The van der Waals surface area contributed by atoms with Crippen LogP contribution < -0.4 is 0 Å². The van der Waals surface area contributed by atoms with E-state index >= 15 is 0 Å². The summed E-state index contributed by atoms with van der Waals surface area (Å²) >= 11 is 0. The van der Waals surface area contributed by atoms with Crippen LogP contribution in [0.4, 0.5) is 5.88 Å². The van der Waals surface area contributed by atoms with Crippen LogP contribution in [0.3, 0.4) is 0 Å². The molecule has 27 heavy (non-hydrogen) atoms. The molecule has 0 spiro atoms. The second kappa shape index (κ2) is 7.86. The summed E-state index contributed by atoms with van der Waals surface area (Å²) in [6, 6.07) is 12.3. The third-order valence-corrected chi connectivity index (χ3v) is 4.42. The lowest BCUT2D eigenvalue weighted by molar-refractivity contribution is -0.402. The number of hydrogen-bond acceptors (Lipinski definition) is 5. The van der Waals surface area contributed by atoms with Crippen molar-refractivity contribution in [1.29, 1.82) is 0 Å². The van der Waals surface area contributed by atoms with Gasteiger partial charge < -0.3 is 8.83 Å². The molecule has 0 aliphatic heterocycles. The summed E-state index contributed by atoms with van der Waals surface area (Å²) in [6.45, 7) is 3.95. The number of carbonyl (C=O) groups is 1. The van der Waals surface area contributed by atoms with Gasteiger partial charge in [-0.3, -0.25) is 14.9 Å². The van der Waals surface area contributed by atoms with E-state index < -0.39 is 10.8 Å². The van der Waals surface area contributed by atoms with Gasteiger partial charge in [0.1, 0.15) is 16.4 Å². The minimum atomic E-state index is -0.616. The van der Waals surface area contributed by atoms with Gasteiger partial charge in [0, 0.05) is 6.42 Å². The van der Waals surface area contributed by atoms with E-state index in [1.165, 1.54) is 24.3 Å². The number of aryl methyl sites for hydroxylation is 2. The lowest BCUT2D eigenvalue weighted by Gasteiger charge is -2.18. The number of furan rings is 2. The number of hydrogen-bond donors (Lipinski definition) is 0. The first kappa shape index (κ1) is 18.4. The summed E-state index contributed by atoms with van der Waals surface area (Å²) in [7, 11) is 0. The molecule has 6 heteroatoms. The van der Waals surface area contributed by atoms with Crippen molar-refractivity contribution in [2.45, 2.75) is 26.2 Å². The van der Waals surface area contributed by atoms with Crippen molar-refractivity contribution in [2.24, 2.45) is 0 Å². The second-order valence-corrected chi connectivity index (χ2v) is 6.31. The van der Waals surface area contributed by atoms with Gasteiger partial charge in [-0.05, 0) is 60.9 Å². The van der Waals surface area contributed by atoms with Crippen molar-refractivity contribution in [2.75, 3.05) is 0 Å². The van der Waals surface area contributed by atoms with E-state index in [2.05, 4.69) is 0 Å². The summed E-state index contributed by atoms with van der Waals surface area (Å²) in [4.78, 5) is 23.1. The molecule has 1 unspecified atom stereocenters. The summed E-state index contributed by atoms with van der Waals surface area (Å²) in [5.41, 5.74) is 3.03. The zero-order valence-corrected chi connectivity index (χ0v) is 15.0. The van der Waals surface area contributed by atoms with E-state index in [4.69, 9.17) is 8.83 Å². The Bertz CT molecular complexity index is 962. The summed E-state index contributed by atoms with van der Waals surface area (Å²) in [5, 5.41) is 10.7. The highest BCUT2D eigenvalue weighted by Crippen LogP contribution is 2.29. The maximum atomic E-state index is 13.0. The maximum absolute atomic E-state index is 13.0. The highest BCUT2D eigenvalue weighted by atomic mass is 16.6. The topological polar surface area (TPSA) is 86.5 Å². The van der Waals surface area contributed by atoms with Crippen LogP contribution in [0.2, 0.25) is 0 Å². The highest BCUT2D eigenvalue weighted by molar-refractivity contribution is 5.99. The molecule has 0 radical (unpaired) electrons. The van der Waals surface area contributed by atoms with Gasteiger partial charge in [0.05, 0.1) is 18.2 Å². The van der Waals surface area contributed by atoms with E-state index in [-0.39, 0.29) is 17.4 Å². The molecule has 2 aromatic heterocycles. The van der Waals surface area contributed by atoms with Crippen molar-refractivity contribution in [3.63, 3.8) is 0 Å². The van der Waals surface area contributed by atoms with Gasteiger partial charge in [-0.1, -0.05) is 18.2 Å². The molecule has 0 saturated heterocycles. The standard InChI is InChI=1S/C21H19NO5/c1-14-5-3-6-15(2)21(14)18(13-17-7-4-12-26-17)19(23)10-8-16-9-11-20(27-16)22(24)25/h3-12,18H,13H2,1-2H3/b10-8+. The summed E-state index contributed by atoms with van der Waals surface area (Å²) in [5.74, 6) is 0.0803. The molecule has 0 aliphatic carbocycles. The van der Waals surface area contributed by atoms with E-state index in [1.807, 2.05) is 38.1 Å². The fraction of sp³-hybridized carbons (Fsp3) is 0.190. The Labute approximate surface area is 156 Å². The van der Waals surface area contributed by atoms with E-state index in [0.29, 0.717) is 6.42 Å². The summed E-state index contributed by atoms with van der Waals surface area (Å²) < 4.78 is 10.5. The third-order valence-electron chi connectivity index (χ3n) is 4.42. The zero-order valence-electron chi connectivity index (χ0n) is 15.0. The van der Waals surface area contributed by atoms with Crippen LogP contribution >= 0.6 is 0 Å².